The standard InChI is InChI=1S/C14H19ClO2/c1-5-17-13(16)14(4,10(2)3)11-8-6-7-9-12(11)15/h6-10H,5H2,1-4H3. The molecule has 94 valence electrons. The molecule has 0 aromatic heterocycles. The van der Waals surface area contributed by atoms with Gasteiger partial charge in [-0.1, -0.05) is 43.6 Å². The Balaban J connectivity index is 3.26. The monoisotopic (exact) mass is 254 g/mol. The minimum absolute atomic E-state index is 0.112. The van der Waals surface area contributed by atoms with E-state index in [0.29, 0.717) is 11.6 Å². The van der Waals surface area contributed by atoms with Crippen LogP contribution in [0.25, 0.3) is 0 Å². The number of hydrogen-bond donors (Lipinski definition) is 0. The maximum atomic E-state index is 12.2. The first-order chi connectivity index (χ1) is 7.94. The van der Waals surface area contributed by atoms with Gasteiger partial charge in [0.25, 0.3) is 0 Å². The van der Waals surface area contributed by atoms with Crippen LogP contribution in [-0.2, 0) is 14.9 Å². The van der Waals surface area contributed by atoms with Crippen LogP contribution in [0, 0.1) is 5.92 Å². The van der Waals surface area contributed by atoms with Crippen LogP contribution in [0.3, 0.4) is 0 Å². The molecule has 0 N–H and O–H groups in total. The number of ether oxygens (including phenoxy) is 1. The number of carbonyl (C=O) groups excluding carboxylic acids is 1. The summed E-state index contributed by atoms with van der Waals surface area (Å²) in [5.41, 5.74) is 0.129. The van der Waals surface area contributed by atoms with Crippen LogP contribution >= 0.6 is 11.6 Å². The molecule has 0 bridgehead atoms. The molecule has 1 atom stereocenters. The van der Waals surface area contributed by atoms with Crippen molar-refractivity contribution in [1.29, 1.82) is 0 Å². The summed E-state index contributed by atoms with van der Waals surface area (Å²) in [5.74, 6) is -0.107. The molecule has 0 amide bonds. The smallest absolute Gasteiger partial charge is 0.316 e. The van der Waals surface area contributed by atoms with Crippen LogP contribution in [0.15, 0.2) is 24.3 Å². The van der Waals surface area contributed by atoms with E-state index in [1.54, 1.807) is 6.07 Å². The van der Waals surface area contributed by atoms with Gasteiger partial charge in [0.15, 0.2) is 0 Å². The number of halogens is 1. The van der Waals surface area contributed by atoms with Gasteiger partial charge in [-0.3, -0.25) is 4.79 Å². The Morgan fingerprint density at radius 2 is 2.00 bits per heavy atom. The molecule has 0 heterocycles. The van der Waals surface area contributed by atoms with E-state index in [2.05, 4.69) is 0 Å². The Bertz CT molecular complexity index is 401. The van der Waals surface area contributed by atoms with Gasteiger partial charge >= 0.3 is 5.97 Å². The molecule has 0 spiro atoms. The summed E-state index contributed by atoms with van der Waals surface area (Å²) in [5, 5.41) is 0.608. The van der Waals surface area contributed by atoms with Crippen LogP contribution in [0.5, 0.6) is 0 Å². The number of esters is 1. The predicted octanol–water partition coefficient (Wildman–Crippen LogP) is 3.82. The van der Waals surface area contributed by atoms with Gasteiger partial charge in [0.05, 0.1) is 12.0 Å². The van der Waals surface area contributed by atoms with Crippen molar-refractivity contribution in [1.82, 2.24) is 0 Å². The molecule has 0 saturated carbocycles. The normalized spacial score (nSPS) is 14.5. The highest BCUT2D eigenvalue weighted by molar-refractivity contribution is 6.31. The van der Waals surface area contributed by atoms with Crippen LogP contribution in [-0.4, -0.2) is 12.6 Å². The lowest BCUT2D eigenvalue weighted by Crippen LogP contribution is -2.39. The van der Waals surface area contributed by atoms with Gasteiger partial charge in [-0.15, -0.1) is 0 Å². The van der Waals surface area contributed by atoms with Gasteiger partial charge in [0.2, 0.25) is 0 Å². The lowest BCUT2D eigenvalue weighted by molar-refractivity contribution is -0.151. The number of rotatable bonds is 4. The van der Waals surface area contributed by atoms with Crippen LogP contribution < -0.4 is 0 Å². The van der Waals surface area contributed by atoms with Crippen LogP contribution in [0.1, 0.15) is 33.3 Å². The molecule has 1 aromatic carbocycles. The van der Waals surface area contributed by atoms with Crippen molar-refractivity contribution in [2.75, 3.05) is 6.61 Å². The number of carbonyl (C=O) groups is 1. The Labute approximate surface area is 108 Å². The minimum atomic E-state index is -0.700. The quantitative estimate of drug-likeness (QED) is 0.764. The topological polar surface area (TPSA) is 26.3 Å². The molecule has 2 nitrogen and oxygen atoms in total. The number of hydrogen-bond acceptors (Lipinski definition) is 2. The lowest BCUT2D eigenvalue weighted by Gasteiger charge is -2.32. The zero-order valence-corrected chi connectivity index (χ0v) is 11.5. The Kier molecular flexibility index (Phi) is 4.58. The lowest BCUT2D eigenvalue weighted by atomic mass is 9.73. The molecule has 0 aliphatic carbocycles. The van der Waals surface area contributed by atoms with Crippen molar-refractivity contribution in [2.45, 2.75) is 33.1 Å². The summed E-state index contributed by atoms with van der Waals surface area (Å²) < 4.78 is 5.18. The zero-order chi connectivity index (χ0) is 13.1. The first-order valence-corrected chi connectivity index (χ1v) is 6.24. The van der Waals surface area contributed by atoms with E-state index in [4.69, 9.17) is 16.3 Å². The van der Waals surface area contributed by atoms with E-state index in [9.17, 15) is 4.79 Å². The highest BCUT2D eigenvalue weighted by Gasteiger charge is 2.41. The SMILES string of the molecule is CCOC(=O)C(C)(c1ccccc1Cl)C(C)C. The van der Waals surface area contributed by atoms with E-state index in [1.165, 1.54) is 0 Å². The van der Waals surface area contributed by atoms with Crippen molar-refractivity contribution in [3.8, 4) is 0 Å². The first kappa shape index (κ1) is 14.0. The van der Waals surface area contributed by atoms with Gasteiger partial charge in [-0.2, -0.15) is 0 Å². The van der Waals surface area contributed by atoms with Crippen LogP contribution in [0.4, 0.5) is 0 Å². The Morgan fingerprint density at radius 3 is 2.47 bits per heavy atom. The molecule has 0 radical (unpaired) electrons. The molecule has 0 fully saturated rings. The molecule has 0 aliphatic heterocycles. The van der Waals surface area contributed by atoms with Crippen molar-refractivity contribution in [3.05, 3.63) is 34.9 Å². The summed E-state index contributed by atoms with van der Waals surface area (Å²) in [6.07, 6.45) is 0. The second kappa shape index (κ2) is 5.54. The second-order valence-corrected chi connectivity index (χ2v) is 4.96. The van der Waals surface area contributed by atoms with Gasteiger partial charge < -0.3 is 4.74 Å². The molecule has 1 rings (SSSR count). The van der Waals surface area contributed by atoms with E-state index in [0.717, 1.165) is 5.56 Å². The van der Waals surface area contributed by atoms with Crippen LogP contribution in [0.2, 0.25) is 5.02 Å². The van der Waals surface area contributed by atoms with Crippen molar-refractivity contribution < 1.29 is 9.53 Å². The van der Waals surface area contributed by atoms with Crippen molar-refractivity contribution in [3.63, 3.8) is 0 Å². The highest BCUT2D eigenvalue weighted by Crippen LogP contribution is 2.37. The number of benzene rings is 1. The van der Waals surface area contributed by atoms with Gasteiger partial charge in [0, 0.05) is 5.02 Å². The summed E-state index contributed by atoms with van der Waals surface area (Å²) in [6, 6.07) is 7.44. The molecule has 17 heavy (non-hydrogen) atoms. The molecule has 3 heteroatoms. The average Bonchev–Trinajstić information content (AvgIpc) is 2.28. The predicted molar refractivity (Wildman–Crippen MR) is 70.3 cm³/mol. The molecular weight excluding hydrogens is 236 g/mol. The van der Waals surface area contributed by atoms with E-state index in [-0.39, 0.29) is 11.9 Å². The second-order valence-electron chi connectivity index (χ2n) is 4.56. The third kappa shape index (κ3) is 2.63. The summed E-state index contributed by atoms with van der Waals surface area (Å²) in [6.45, 7) is 8.08. The average molecular weight is 255 g/mol. The minimum Gasteiger partial charge on any atom is -0.465 e. The molecule has 1 aromatic rings. The molecular formula is C14H19ClO2. The zero-order valence-electron chi connectivity index (χ0n) is 10.8. The molecule has 1 unspecified atom stereocenters. The molecule has 0 saturated heterocycles. The van der Waals surface area contributed by atoms with Gasteiger partial charge in [-0.05, 0) is 31.4 Å². The largest absolute Gasteiger partial charge is 0.465 e. The summed E-state index contributed by atoms with van der Waals surface area (Å²) in [4.78, 5) is 12.2. The maximum absolute atomic E-state index is 12.2. The fourth-order valence-electron chi connectivity index (χ4n) is 1.82. The summed E-state index contributed by atoms with van der Waals surface area (Å²) in [7, 11) is 0. The first-order valence-electron chi connectivity index (χ1n) is 5.86. The van der Waals surface area contributed by atoms with Gasteiger partial charge in [-0.25, -0.2) is 0 Å². The fraction of sp³-hybridized carbons (Fsp3) is 0.500. The Morgan fingerprint density at radius 1 is 1.41 bits per heavy atom. The van der Waals surface area contributed by atoms with E-state index < -0.39 is 5.41 Å². The van der Waals surface area contributed by atoms with Crippen molar-refractivity contribution in [2.24, 2.45) is 5.92 Å². The summed E-state index contributed by atoms with van der Waals surface area (Å²) >= 11 is 6.19. The van der Waals surface area contributed by atoms with Gasteiger partial charge in [0.1, 0.15) is 0 Å². The van der Waals surface area contributed by atoms with E-state index >= 15 is 0 Å². The Hall–Kier alpha value is -1.02. The third-order valence-corrected chi connectivity index (χ3v) is 3.62. The van der Waals surface area contributed by atoms with E-state index in [1.807, 2.05) is 45.9 Å². The fourth-order valence-corrected chi connectivity index (χ4v) is 2.15. The third-order valence-electron chi connectivity index (χ3n) is 3.29. The van der Waals surface area contributed by atoms with Crippen molar-refractivity contribution >= 4 is 17.6 Å². The highest BCUT2D eigenvalue weighted by atomic mass is 35.5. The maximum Gasteiger partial charge on any atom is 0.316 e. The molecule has 0 aliphatic rings.